The van der Waals surface area contributed by atoms with E-state index in [-0.39, 0.29) is 23.8 Å². The van der Waals surface area contributed by atoms with Crippen LogP contribution in [-0.4, -0.2) is 27.4 Å². The van der Waals surface area contributed by atoms with Gasteiger partial charge >= 0.3 is 0 Å². The van der Waals surface area contributed by atoms with Gasteiger partial charge in [-0.05, 0) is 24.1 Å². The van der Waals surface area contributed by atoms with Gasteiger partial charge in [0.15, 0.2) is 0 Å². The number of fused-ring (bicyclic) bond motifs is 1. The molecule has 30 heavy (non-hydrogen) atoms. The number of benzene rings is 2. The van der Waals surface area contributed by atoms with Crippen molar-refractivity contribution in [3.8, 4) is 0 Å². The first-order valence-electron chi connectivity index (χ1n) is 9.47. The molecule has 0 atom stereocenters. The highest BCUT2D eigenvalue weighted by molar-refractivity contribution is 7.20. The lowest BCUT2D eigenvalue weighted by molar-refractivity contribution is 0.0789. The largest absolute Gasteiger partial charge is 0.337 e. The molecule has 0 saturated heterocycles. The molecule has 2 aromatic carbocycles. The fourth-order valence-corrected chi connectivity index (χ4v) is 4.52. The fourth-order valence-electron chi connectivity index (χ4n) is 3.39. The molecule has 0 fully saturated rings. The number of hydrogen-bond donors (Lipinski definition) is 0. The fraction of sp³-hybridized carbons (Fsp3) is 0.174. The van der Waals surface area contributed by atoms with Crippen LogP contribution in [0.5, 0.6) is 0 Å². The molecule has 4 aromatic rings. The molecular weight excluding hydrogens is 401 g/mol. The summed E-state index contributed by atoms with van der Waals surface area (Å²) in [4.78, 5) is 33.1. The molecule has 0 aliphatic heterocycles. The molecule has 5 nitrogen and oxygen atoms in total. The van der Waals surface area contributed by atoms with Crippen LogP contribution in [0.2, 0.25) is 0 Å². The van der Waals surface area contributed by atoms with Crippen molar-refractivity contribution in [2.75, 3.05) is 7.05 Å². The molecule has 2 heterocycles. The van der Waals surface area contributed by atoms with Gasteiger partial charge in [0, 0.05) is 19.2 Å². The van der Waals surface area contributed by atoms with Crippen molar-refractivity contribution in [3.63, 3.8) is 0 Å². The van der Waals surface area contributed by atoms with E-state index in [0.29, 0.717) is 32.8 Å². The first kappa shape index (κ1) is 20.0. The number of carbonyl (C=O) groups is 1. The number of hydrogen-bond acceptors (Lipinski definition) is 4. The minimum Gasteiger partial charge on any atom is -0.337 e. The van der Waals surface area contributed by atoms with Crippen molar-refractivity contribution in [3.05, 3.63) is 98.7 Å². The van der Waals surface area contributed by atoms with Gasteiger partial charge < -0.3 is 4.90 Å². The van der Waals surface area contributed by atoms with Crippen molar-refractivity contribution in [1.29, 1.82) is 0 Å². The van der Waals surface area contributed by atoms with Gasteiger partial charge in [-0.1, -0.05) is 48.5 Å². The maximum atomic E-state index is 14.0. The number of aromatic nitrogens is 2. The predicted octanol–water partition coefficient (Wildman–Crippen LogP) is 4.23. The summed E-state index contributed by atoms with van der Waals surface area (Å²) in [5.74, 6) is -0.524. The second-order valence-electron chi connectivity index (χ2n) is 7.15. The van der Waals surface area contributed by atoms with Crippen molar-refractivity contribution in [2.45, 2.75) is 20.0 Å². The molecule has 1 amide bonds. The zero-order valence-electron chi connectivity index (χ0n) is 16.6. The third-order valence-corrected chi connectivity index (χ3v) is 6.21. The monoisotopic (exact) mass is 421 g/mol. The van der Waals surface area contributed by atoms with E-state index in [1.165, 1.54) is 28.3 Å². The number of nitrogens with zero attached hydrogens (tertiary/aromatic N) is 3. The maximum absolute atomic E-state index is 14.0. The zero-order chi connectivity index (χ0) is 21.3. The zero-order valence-corrected chi connectivity index (χ0v) is 17.4. The van der Waals surface area contributed by atoms with Crippen molar-refractivity contribution in [2.24, 2.45) is 0 Å². The Hall–Kier alpha value is -3.32. The third-order valence-electron chi connectivity index (χ3n) is 5.02. The quantitative estimate of drug-likeness (QED) is 0.485. The first-order chi connectivity index (χ1) is 14.5. The Labute approximate surface area is 177 Å². The predicted molar refractivity (Wildman–Crippen MR) is 116 cm³/mol. The van der Waals surface area contributed by atoms with Gasteiger partial charge in [0.25, 0.3) is 11.5 Å². The van der Waals surface area contributed by atoms with Crippen molar-refractivity contribution >= 4 is 27.5 Å². The molecule has 0 aliphatic rings. The second-order valence-corrected chi connectivity index (χ2v) is 8.15. The van der Waals surface area contributed by atoms with Crippen LogP contribution in [0.1, 0.15) is 26.4 Å². The SMILES string of the molecule is Cc1c(C(=O)N(C)Cc2ccccc2)sc2ncn(Cc3ccccc3F)c(=O)c12. The van der Waals surface area contributed by atoms with Crippen molar-refractivity contribution in [1.82, 2.24) is 14.5 Å². The minimum absolute atomic E-state index is 0.0842. The van der Waals surface area contributed by atoms with Gasteiger partial charge in [0.2, 0.25) is 0 Å². The molecule has 0 unspecified atom stereocenters. The summed E-state index contributed by atoms with van der Waals surface area (Å²) in [6.45, 7) is 2.32. The Morgan fingerprint density at radius 3 is 2.57 bits per heavy atom. The van der Waals surface area contributed by atoms with E-state index in [0.717, 1.165) is 5.56 Å². The Kier molecular flexibility index (Phi) is 5.46. The highest BCUT2D eigenvalue weighted by atomic mass is 32.1. The van der Waals surface area contributed by atoms with Crippen molar-refractivity contribution < 1.29 is 9.18 Å². The summed E-state index contributed by atoms with van der Waals surface area (Å²) in [5.41, 5.74) is 1.77. The lowest BCUT2D eigenvalue weighted by Gasteiger charge is -2.16. The highest BCUT2D eigenvalue weighted by Crippen LogP contribution is 2.28. The molecule has 0 aliphatic carbocycles. The topological polar surface area (TPSA) is 55.2 Å². The molecule has 4 rings (SSSR count). The van der Waals surface area contributed by atoms with Crippen LogP contribution in [0.3, 0.4) is 0 Å². The molecule has 7 heteroatoms. The first-order valence-corrected chi connectivity index (χ1v) is 10.3. The third kappa shape index (κ3) is 3.76. The summed E-state index contributed by atoms with van der Waals surface area (Å²) >= 11 is 1.21. The average molecular weight is 421 g/mol. The number of thiophene rings is 1. The summed E-state index contributed by atoms with van der Waals surface area (Å²) < 4.78 is 15.4. The maximum Gasteiger partial charge on any atom is 0.264 e. The van der Waals surface area contributed by atoms with E-state index in [4.69, 9.17) is 0 Å². The Morgan fingerprint density at radius 2 is 1.83 bits per heavy atom. The average Bonchev–Trinajstić information content (AvgIpc) is 3.09. The Morgan fingerprint density at radius 1 is 1.13 bits per heavy atom. The molecule has 2 aromatic heterocycles. The van der Waals surface area contributed by atoms with Gasteiger partial charge in [-0.25, -0.2) is 9.37 Å². The number of halogens is 1. The van der Waals surface area contributed by atoms with Crippen LogP contribution in [-0.2, 0) is 13.1 Å². The molecule has 0 N–H and O–H groups in total. The van der Waals surface area contributed by atoms with E-state index in [1.54, 1.807) is 37.1 Å². The van der Waals surface area contributed by atoms with Crippen LogP contribution in [0.15, 0.2) is 65.7 Å². The van der Waals surface area contributed by atoms with Gasteiger partial charge in [-0.15, -0.1) is 11.3 Å². The van der Waals surface area contributed by atoms with Gasteiger partial charge in [0.1, 0.15) is 10.6 Å². The van der Waals surface area contributed by atoms with Gasteiger partial charge in [-0.2, -0.15) is 0 Å². The molecule has 152 valence electrons. The van der Waals surface area contributed by atoms with Crippen LogP contribution in [0.25, 0.3) is 10.2 Å². The van der Waals surface area contributed by atoms with Gasteiger partial charge in [-0.3, -0.25) is 14.2 Å². The van der Waals surface area contributed by atoms with E-state index < -0.39 is 0 Å². The number of carbonyl (C=O) groups excluding carboxylic acids is 1. The van der Waals surface area contributed by atoms with Crippen LogP contribution in [0, 0.1) is 12.7 Å². The molecule has 0 bridgehead atoms. The summed E-state index contributed by atoms with van der Waals surface area (Å²) in [7, 11) is 1.74. The molecule has 0 saturated carbocycles. The molecule has 0 spiro atoms. The molecule has 0 radical (unpaired) electrons. The normalized spacial score (nSPS) is 11.0. The number of rotatable bonds is 5. The van der Waals surface area contributed by atoms with E-state index in [2.05, 4.69) is 4.98 Å². The minimum atomic E-state index is -0.370. The lowest BCUT2D eigenvalue weighted by atomic mass is 10.1. The lowest BCUT2D eigenvalue weighted by Crippen LogP contribution is -2.26. The number of amides is 1. The molecular formula is C23H20FN3O2S. The van der Waals surface area contributed by atoms with E-state index >= 15 is 0 Å². The number of aryl methyl sites for hydroxylation is 1. The van der Waals surface area contributed by atoms with Crippen LogP contribution in [0.4, 0.5) is 4.39 Å². The van der Waals surface area contributed by atoms with Crippen LogP contribution >= 0.6 is 11.3 Å². The second kappa shape index (κ2) is 8.20. The Bertz CT molecular complexity index is 1280. The Balaban J connectivity index is 1.67. The standard InChI is InChI=1S/C23H20FN3O2S/c1-15-19-21(25-14-27(22(19)28)13-17-10-6-7-11-18(17)24)30-20(15)23(29)26(2)12-16-8-4-3-5-9-16/h3-11,14H,12-13H2,1-2H3. The summed E-state index contributed by atoms with van der Waals surface area (Å²) in [5, 5.41) is 0.412. The highest BCUT2D eigenvalue weighted by Gasteiger charge is 2.22. The van der Waals surface area contributed by atoms with Crippen LogP contribution < -0.4 is 5.56 Å². The summed E-state index contributed by atoms with van der Waals surface area (Å²) in [6.07, 6.45) is 1.41. The smallest absolute Gasteiger partial charge is 0.264 e. The van der Waals surface area contributed by atoms with Gasteiger partial charge in [0.05, 0.1) is 23.1 Å². The summed E-state index contributed by atoms with van der Waals surface area (Å²) in [6, 6.07) is 16.1. The van der Waals surface area contributed by atoms with E-state index in [9.17, 15) is 14.0 Å². The van der Waals surface area contributed by atoms with E-state index in [1.807, 2.05) is 30.3 Å².